The molecule has 8 nitrogen and oxygen atoms in total. The van der Waals surface area contributed by atoms with Crippen molar-refractivity contribution in [1.82, 2.24) is 5.43 Å². The highest BCUT2D eigenvalue weighted by molar-refractivity contribution is 6.35. The second-order valence-corrected chi connectivity index (χ2v) is 7.89. The highest BCUT2D eigenvalue weighted by Gasteiger charge is 2.30. The molecule has 1 N–H and O–H groups in total. The Morgan fingerprint density at radius 3 is 2.42 bits per heavy atom. The Hall–Kier alpha value is -3.83. The first-order valence-corrected chi connectivity index (χ1v) is 10.8. The van der Waals surface area contributed by atoms with Gasteiger partial charge in [0.2, 0.25) is 0 Å². The number of ether oxygens (including phenoxy) is 2. The Bertz CT molecular complexity index is 1280. The van der Waals surface area contributed by atoms with E-state index in [0.29, 0.717) is 15.6 Å². The highest BCUT2D eigenvalue weighted by atomic mass is 35.5. The van der Waals surface area contributed by atoms with E-state index in [1.807, 2.05) is 0 Å². The molecule has 0 aromatic heterocycles. The van der Waals surface area contributed by atoms with Gasteiger partial charge in [-0.05, 0) is 36.4 Å². The molecule has 0 saturated carbocycles. The molecule has 0 heterocycles. The summed E-state index contributed by atoms with van der Waals surface area (Å²) in [6.07, 6.45) is -3.44. The monoisotopic (exact) mass is 541 g/mol. The normalized spacial score (nSPS) is 11.4. The van der Waals surface area contributed by atoms with Gasteiger partial charge in [-0.2, -0.15) is 18.3 Å². The van der Waals surface area contributed by atoms with Crippen molar-refractivity contribution in [2.45, 2.75) is 12.8 Å². The number of nitrogens with zero attached hydrogens (tertiary/aromatic N) is 2. The van der Waals surface area contributed by atoms with E-state index >= 15 is 0 Å². The van der Waals surface area contributed by atoms with Crippen LogP contribution in [-0.2, 0) is 17.6 Å². The molecule has 36 heavy (non-hydrogen) atoms. The van der Waals surface area contributed by atoms with E-state index in [1.54, 1.807) is 18.2 Å². The molecular weight excluding hydrogens is 526 g/mol. The zero-order valence-electron chi connectivity index (χ0n) is 18.1. The third-order valence-corrected chi connectivity index (χ3v) is 5.27. The minimum Gasteiger partial charge on any atom is -0.488 e. The number of rotatable bonds is 9. The number of hydrogen-bond acceptors (Lipinski definition) is 6. The topological polar surface area (TPSA) is 103 Å². The molecule has 3 aromatic carbocycles. The molecule has 0 aliphatic rings. The molecule has 3 aromatic rings. The molecular formula is C23H16Cl2F3N3O5. The number of hydrogen-bond donors (Lipinski definition) is 1. The third-order valence-electron chi connectivity index (χ3n) is 4.56. The third kappa shape index (κ3) is 7.33. The molecule has 0 atom stereocenters. The van der Waals surface area contributed by atoms with E-state index in [4.69, 9.17) is 32.7 Å². The summed E-state index contributed by atoms with van der Waals surface area (Å²) in [7, 11) is 0. The largest absolute Gasteiger partial charge is 0.488 e. The molecule has 0 aliphatic carbocycles. The van der Waals surface area contributed by atoms with Gasteiger partial charge in [-0.15, -0.1) is 0 Å². The summed E-state index contributed by atoms with van der Waals surface area (Å²) in [5.74, 6) is -0.745. The van der Waals surface area contributed by atoms with Gasteiger partial charge in [0.1, 0.15) is 18.1 Å². The van der Waals surface area contributed by atoms with E-state index in [-0.39, 0.29) is 29.4 Å². The van der Waals surface area contributed by atoms with Gasteiger partial charge in [-0.3, -0.25) is 14.9 Å². The Morgan fingerprint density at radius 1 is 1.06 bits per heavy atom. The summed E-state index contributed by atoms with van der Waals surface area (Å²) < 4.78 is 49.1. The maximum absolute atomic E-state index is 12.8. The van der Waals surface area contributed by atoms with Crippen LogP contribution in [0.25, 0.3) is 0 Å². The van der Waals surface area contributed by atoms with Crippen LogP contribution in [0.1, 0.15) is 16.7 Å². The Kier molecular flexibility index (Phi) is 8.73. The summed E-state index contributed by atoms with van der Waals surface area (Å²) in [6, 6.07) is 12.7. The van der Waals surface area contributed by atoms with E-state index < -0.39 is 29.2 Å². The zero-order chi connectivity index (χ0) is 26.3. The van der Waals surface area contributed by atoms with Crippen molar-refractivity contribution in [1.29, 1.82) is 0 Å². The fourth-order valence-electron chi connectivity index (χ4n) is 2.82. The van der Waals surface area contributed by atoms with Crippen LogP contribution in [0.2, 0.25) is 10.0 Å². The average molecular weight is 542 g/mol. The van der Waals surface area contributed by atoms with Gasteiger partial charge >= 0.3 is 6.18 Å². The molecule has 1 amide bonds. The minimum atomic E-state index is -4.55. The van der Waals surface area contributed by atoms with Gasteiger partial charge in [-0.1, -0.05) is 35.3 Å². The van der Waals surface area contributed by atoms with Crippen molar-refractivity contribution in [2.24, 2.45) is 5.10 Å². The van der Waals surface area contributed by atoms with Crippen molar-refractivity contribution in [3.05, 3.63) is 97.5 Å². The number of alkyl halides is 3. The number of nitro benzene ring substituents is 1. The number of nitro groups is 1. The minimum absolute atomic E-state index is 0.0473. The maximum atomic E-state index is 12.8. The number of halogens is 5. The lowest BCUT2D eigenvalue weighted by molar-refractivity contribution is -0.384. The quantitative estimate of drug-likeness (QED) is 0.202. The van der Waals surface area contributed by atoms with Crippen LogP contribution in [0.4, 0.5) is 18.9 Å². The number of non-ortho nitro benzene ring substituents is 1. The predicted molar refractivity (Wildman–Crippen MR) is 127 cm³/mol. The predicted octanol–water partition coefficient (Wildman–Crippen LogP) is 6.03. The molecule has 13 heteroatoms. The van der Waals surface area contributed by atoms with Crippen molar-refractivity contribution in [3.63, 3.8) is 0 Å². The summed E-state index contributed by atoms with van der Waals surface area (Å²) >= 11 is 12.3. The number of carbonyl (C=O) groups is 1. The Labute approximate surface area is 212 Å². The van der Waals surface area contributed by atoms with Gasteiger partial charge < -0.3 is 9.47 Å². The molecule has 0 spiro atoms. The molecule has 0 aliphatic heterocycles. The summed E-state index contributed by atoms with van der Waals surface area (Å²) in [4.78, 5) is 22.5. The van der Waals surface area contributed by atoms with Crippen molar-refractivity contribution >= 4 is 41.0 Å². The zero-order valence-corrected chi connectivity index (χ0v) is 19.6. The lowest BCUT2D eigenvalue weighted by Crippen LogP contribution is -2.24. The van der Waals surface area contributed by atoms with Crippen LogP contribution >= 0.6 is 23.2 Å². The lowest BCUT2D eigenvalue weighted by Gasteiger charge is -2.11. The van der Waals surface area contributed by atoms with Gasteiger partial charge in [0.25, 0.3) is 11.6 Å². The molecule has 0 unspecified atom stereocenters. The van der Waals surface area contributed by atoms with Gasteiger partial charge in [0.05, 0.1) is 16.7 Å². The fourth-order valence-corrected chi connectivity index (χ4v) is 3.33. The van der Waals surface area contributed by atoms with Crippen LogP contribution in [0.15, 0.2) is 65.8 Å². The van der Waals surface area contributed by atoms with Gasteiger partial charge in [-0.25, -0.2) is 5.43 Å². The number of carbonyl (C=O) groups excluding carboxylic acids is 1. The van der Waals surface area contributed by atoms with Crippen LogP contribution in [-0.4, -0.2) is 23.7 Å². The first-order chi connectivity index (χ1) is 17.0. The van der Waals surface area contributed by atoms with E-state index in [1.165, 1.54) is 24.3 Å². The molecule has 0 fully saturated rings. The van der Waals surface area contributed by atoms with E-state index in [0.717, 1.165) is 24.4 Å². The smallest absolute Gasteiger partial charge is 0.416 e. The second-order valence-electron chi connectivity index (χ2n) is 7.08. The van der Waals surface area contributed by atoms with Gasteiger partial charge in [0.15, 0.2) is 6.61 Å². The first kappa shape index (κ1) is 26.8. The summed E-state index contributed by atoms with van der Waals surface area (Å²) in [5.41, 5.74) is 1.62. The van der Waals surface area contributed by atoms with Crippen molar-refractivity contribution in [2.75, 3.05) is 6.61 Å². The second kappa shape index (κ2) is 11.7. The average Bonchev–Trinajstić information content (AvgIpc) is 2.82. The number of amides is 1. The first-order valence-electron chi connectivity index (χ1n) is 10.0. The maximum Gasteiger partial charge on any atom is 0.416 e. The molecule has 0 radical (unpaired) electrons. The standard InChI is InChI=1S/C23H16Cl2F3N3O5/c24-19-5-2-6-20(25)18(19)12-36-21-8-7-16(31(33)34)9-14(21)11-29-30-22(32)13-35-17-4-1-3-15(10-17)23(26,27)28/h1-11H,12-13H2,(H,30,32). The number of hydrazone groups is 1. The molecule has 188 valence electrons. The molecule has 3 rings (SSSR count). The van der Waals surface area contributed by atoms with E-state index in [9.17, 15) is 28.1 Å². The molecule has 0 bridgehead atoms. The summed E-state index contributed by atoms with van der Waals surface area (Å²) in [5, 5.41) is 15.6. The lowest BCUT2D eigenvalue weighted by atomic mass is 10.2. The molecule has 0 saturated heterocycles. The summed E-state index contributed by atoms with van der Waals surface area (Å²) in [6.45, 7) is -0.670. The van der Waals surface area contributed by atoms with Crippen LogP contribution in [0.3, 0.4) is 0 Å². The number of benzene rings is 3. The Balaban J connectivity index is 1.66. The fraction of sp³-hybridized carbons (Fsp3) is 0.130. The highest BCUT2D eigenvalue weighted by Crippen LogP contribution is 2.31. The number of nitrogens with one attached hydrogen (secondary N) is 1. The van der Waals surface area contributed by atoms with Crippen LogP contribution in [0, 0.1) is 10.1 Å². The van der Waals surface area contributed by atoms with Crippen LogP contribution in [0.5, 0.6) is 11.5 Å². The van der Waals surface area contributed by atoms with Gasteiger partial charge in [0, 0.05) is 33.3 Å². The van der Waals surface area contributed by atoms with Crippen molar-refractivity contribution < 1.29 is 32.4 Å². The Morgan fingerprint density at radius 2 is 1.75 bits per heavy atom. The SMILES string of the molecule is O=C(COc1cccc(C(F)(F)F)c1)NN=Cc1cc([N+](=O)[O-])ccc1OCc1c(Cl)cccc1Cl. The van der Waals surface area contributed by atoms with E-state index in [2.05, 4.69) is 10.5 Å². The van der Waals surface area contributed by atoms with Crippen molar-refractivity contribution in [3.8, 4) is 11.5 Å². The van der Waals surface area contributed by atoms with Crippen LogP contribution < -0.4 is 14.9 Å².